The molecule has 4 aromatic carbocycles. The summed E-state index contributed by atoms with van der Waals surface area (Å²) in [5.74, 6) is -5.26. The summed E-state index contributed by atoms with van der Waals surface area (Å²) in [5, 5.41) is 13.6. The average Bonchev–Trinajstić information content (AvgIpc) is 4.07. The fourth-order valence-corrected chi connectivity index (χ4v) is 9.18. The van der Waals surface area contributed by atoms with Gasteiger partial charge in [0.15, 0.2) is 19.7 Å². The molecule has 0 aliphatic heterocycles. The van der Waals surface area contributed by atoms with Gasteiger partial charge in [-0.15, -0.1) is 20.4 Å². The van der Waals surface area contributed by atoms with Crippen molar-refractivity contribution in [2.45, 2.75) is 62.0 Å². The maximum atomic E-state index is 13.8. The van der Waals surface area contributed by atoms with Crippen LogP contribution in [0.15, 0.2) is 131 Å². The Bertz CT molecular complexity index is 3430. The van der Waals surface area contributed by atoms with Crippen molar-refractivity contribution in [2.24, 2.45) is 0 Å². The molecule has 0 spiro atoms. The Labute approximate surface area is 422 Å². The molecule has 0 saturated carbocycles. The van der Waals surface area contributed by atoms with Crippen LogP contribution in [-0.2, 0) is 55.2 Å². The molecule has 0 radical (unpaired) electrons. The first-order valence-corrected chi connectivity index (χ1v) is 26.2. The summed E-state index contributed by atoms with van der Waals surface area (Å²) in [4.78, 5) is 30.1. The predicted molar refractivity (Wildman–Crippen MR) is 253 cm³/mol. The molecule has 0 bridgehead atoms. The van der Waals surface area contributed by atoms with Crippen molar-refractivity contribution in [3.8, 4) is 22.9 Å². The molecule has 0 fully saturated rings. The van der Waals surface area contributed by atoms with Crippen LogP contribution in [0.5, 0.6) is 0 Å². The Morgan fingerprint density at radius 1 is 0.547 bits per heavy atom. The number of rotatable bonds is 19. The van der Waals surface area contributed by atoms with Gasteiger partial charge in [-0.05, 0) is 76.4 Å². The van der Waals surface area contributed by atoms with Crippen LogP contribution in [-0.4, -0.2) is 82.0 Å². The van der Waals surface area contributed by atoms with Gasteiger partial charge in [-0.25, -0.2) is 45.6 Å². The quantitative estimate of drug-likeness (QED) is 0.0689. The molecule has 4 heterocycles. The maximum absolute atomic E-state index is 13.8. The Balaban J connectivity index is 0.000000221. The zero-order valence-corrected chi connectivity index (χ0v) is 40.8. The summed E-state index contributed by atoms with van der Waals surface area (Å²) in [6.07, 6.45) is -1.39. The highest BCUT2D eigenvalue weighted by Crippen LogP contribution is 2.33. The fraction of sp³-hybridized carbons (Fsp3) is 0.245. The molecule has 0 aliphatic rings. The van der Waals surface area contributed by atoms with E-state index in [4.69, 9.17) is 8.83 Å². The van der Waals surface area contributed by atoms with Crippen LogP contribution < -0.4 is 4.90 Å². The summed E-state index contributed by atoms with van der Waals surface area (Å²) < 4.78 is 163. The Kier molecular flexibility index (Phi) is 17.6. The van der Waals surface area contributed by atoms with Crippen LogP contribution in [0, 0.1) is 11.6 Å². The molecule has 75 heavy (non-hydrogen) atoms. The summed E-state index contributed by atoms with van der Waals surface area (Å²) >= 11 is 0. The number of alkyl halides is 6. The van der Waals surface area contributed by atoms with Crippen molar-refractivity contribution >= 4 is 31.5 Å². The number of sulfone groups is 2. The van der Waals surface area contributed by atoms with Crippen LogP contribution in [0.4, 0.5) is 41.1 Å². The molecule has 0 saturated heterocycles. The third-order valence-corrected chi connectivity index (χ3v) is 12.5. The topological polar surface area (TPSA) is 218 Å². The SMILES string of the molecule is CS(=O)(=O)Cc1cccc(CC(Cc2ncc(-c3nnc(C(F)F)o3)cn2)c2ccc(F)cc2)c1.CS(=O)(=O)Cc1cccc(CC(c2ccc(F)cc2)N(C(=O)C(F)F)c2ncc(-c3nnc(C(F)F)o3)cn2)c1. The van der Waals surface area contributed by atoms with Gasteiger partial charge in [0.1, 0.15) is 17.5 Å². The van der Waals surface area contributed by atoms with Gasteiger partial charge in [-0.1, -0.05) is 72.8 Å². The molecular formula is C49H41F8N9O7S2. The summed E-state index contributed by atoms with van der Waals surface area (Å²) in [6.45, 7) is 0. The van der Waals surface area contributed by atoms with Crippen molar-refractivity contribution in [3.05, 3.63) is 184 Å². The van der Waals surface area contributed by atoms with Gasteiger partial charge in [0.25, 0.3) is 29.5 Å². The number of carbonyl (C=O) groups excluding carboxylic acids is 1. The highest BCUT2D eigenvalue weighted by molar-refractivity contribution is 7.90. The minimum absolute atomic E-state index is 0.0144. The Morgan fingerprint density at radius 3 is 1.40 bits per heavy atom. The predicted octanol–water partition coefficient (Wildman–Crippen LogP) is 9.45. The number of carbonyl (C=O) groups is 1. The molecule has 2 atom stereocenters. The van der Waals surface area contributed by atoms with Crippen LogP contribution in [0.1, 0.15) is 75.8 Å². The third-order valence-electron chi connectivity index (χ3n) is 10.8. The van der Waals surface area contributed by atoms with E-state index in [1.807, 2.05) is 12.1 Å². The fourth-order valence-electron chi connectivity index (χ4n) is 7.61. The molecule has 26 heteroatoms. The molecule has 8 rings (SSSR count). The minimum Gasteiger partial charge on any atom is -0.415 e. The first-order valence-electron chi connectivity index (χ1n) is 22.1. The van der Waals surface area contributed by atoms with Crippen molar-refractivity contribution in [1.29, 1.82) is 0 Å². The molecule has 4 aromatic heterocycles. The number of hydrogen-bond donors (Lipinski definition) is 0. The van der Waals surface area contributed by atoms with E-state index in [2.05, 4.69) is 40.3 Å². The highest BCUT2D eigenvalue weighted by Gasteiger charge is 2.35. The Hall–Kier alpha value is -7.87. The van der Waals surface area contributed by atoms with Gasteiger partial charge in [0.2, 0.25) is 5.95 Å². The van der Waals surface area contributed by atoms with E-state index in [0.717, 1.165) is 41.9 Å². The molecule has 16 nitrogen and oxygen atoms in total. The first-order chi connectivity index (χ1) is 35.6. The van der Waals surface area contributed by atoms with Gasteiger partial charge >= 0.3 is 19.3 Å². The van der Waals surface area contributed by atoms with Crippen molar-refractivity contribution < 1.29 is 65.6 Å². The lowest BCUT2D eigenvalue weighted by atomic mass is 9.88. The van der Waals surface area contributed by atoms with Gasteiger partial charge in [0.05, 0.1) is 28.7 Å². The number of halogens is 8. The maximum Gasteiger partial charge on any atom is 0.316 e. The van der Waals surface area contributed by atoms with Gasteiger partial charge in [0, 0.05) is 43.7 Å². The number of nitrogens with zero attached hydrogens (tertiary/aromatic N) is 9. The van der Waals surface area contributed by atoms with Crippen LogP contribution in [0.25, 0.3) is 22.9 Å². The normalized spacial score (nSPS) is 12.7. The summed E-state index contributed by atoms with van der Waals surface area (Å²) in [6, 6.07) is 23.4. The smallest absolute Gasteiger partial charge is 0.316 e. The van der Waals surface area contributed by atoms with Crippen molar-refractivity contribution in [2.75, 3.05) is 17.4 Å². The molecular weight excluding hydrogens is 1040 g/mol. The van der Waals surface area contributed by atoms with Crippen LogP contribution >= 0.6 is 0 Å². The van der Waals surface area contributed by atoms with E-state index in [0.29, 0.717) is 45.8 Å². The van der Waals surface area contributed by atoms with Gasteiger partial charge in [-0.2, -0.15) is 26.3 Å². The Morgan fingerprint density at radius 2 is 0.973 bits per heavy atom. The summed E-state index contributed by atoms with van der Waals surface area (Å²) in [7, 11) is -6.56. The van der Waals surface area contributed by atoms with E-state index < -0.39 is 74.4 Å². The number of benzene rings is 4. The zero-order chi connectivity index (χ0) is 54.0. The number of aromatic nitrogens is 8. The lowest BCUT2D eigenvalue weighted by Gasteiger charge is -2.30. The van der Waals surface area contributed by atoms with Gasteiger partial charge in [-0.3, -0.25) is 9.69 Å². The van der Waals surface area contributed by atoms with Crippen LogP contribution in [0.2, 0.25) is 0 Å². The first kappa shape index (κ1) is 54.9. The third kappa shape index (κ3) is 15.6. The van der Waals surface area contributed by atoms with Crippen LogP contribution in [0.3, 0.4) is 0 Å². The molecule has 0 N–H and O–H groups in total. The molecule has 2 unspecified atom stereocenters. The van der Waals surface area contributed by atoms with E-state index >= 15 is 0 Å². The van der Waals surface area contributed by atoms with Crippen molar-refractivity contribution in [1.82, 2.24) is 40.3 Å². The lowest BCUT2D eigenvalue weighted by molar-refractivity contribution is -0.129. The lowest BCUT2D eigenvalue weighted by Crippen LogP contribution is -2.41. The molecule has 0 aliphatic carbocycles. The zero-order valence-electron chi connectivity index (χ0n) is 39.2. The molecule has 392 valence electrons. The van der Waals surface area contributed by atoms with Gasteiger partial charge < -0.3 is 8.83 Å². The standard InChI is InChI=1S/C25H20F5N5O4S.C24H21F3N4O3S/c1-40(37,38)13-15-4-2-3-14(9-15)10-19(16-5-7-18(26)8-6-16)35(24(36)21(29)30)25-31-11-17(12-32-25)22-33-34-23(39-22)20(27)28;1-35(32,33)14-16-4-2-3-15(9-16)10-18(17-5-7-20(25)8-6-17)11-21-28-12-19(13-29-21)23-30-31-24(34-23)22(26)27/h2-9,11-12,19-21H,10,13H2,1H3;2-9,12-13,18,22H,10-11,14H2,1H3. The second kappa shape index (κ2) is 24.0. The number of anilines is 1. The van der Waals surface area contributed by atoms with Crippen molar-refractivity contribution in [3.63, 3.8) is 0 Å². The minimum atomic E-state index is -3.48. The highest BCUT2D eigenvalue weighted by atomic mass is 32.2. The molecule has 8 aromatic rings. The van der Waals surface area contributed by atoms with E-state index in [1.165, 1.54) is 42.9 Å². The second-order valence-electron chi connectivity index (χ2n) is 16.9. The second-order valence-corrected chi connectivity index (χ2v) is 21.1. The number of amides is 1. The average molecular weight is 1080 g/mol. The van der Waals surface area contributed by atoms with E-state index in [1.54, 1.807) is 48.5 Å². The monoisotopic (exact) mass is 1080 g/mol. The van der Waals surface area contributed by atoms with E-state index in [-0.39, 0.29) is 52.6 Å². The molecule has 1 amide bonds. The number of hydrogen-bond acceptors (Lipinski definition) is 15. The van der Waals surface area contributed by atoms with E-state index in [9.17, 15) is 56.8 Å². The largest absolute Gasteiger partial charge is 0.415 e. The summed E-state index contributed by atoms with van der Waals surface area (Å²) in [5.41, 5.74) is 3.95.